The molecule has 2 nitrogen and oxygen atoms in total. The van der Waals surface area contributed by atoms with Crippen LogP contribution in [0.2, 0.25) is 0 Å². The van der Waals surface area contributed by atoms with Crippen molar-refractivity contribution in [3.63, 3.8) is 0 Å². The Kier molecular flexibility index (Phi) is 4.41. The molecule has 0 spiro atoms. The third kappa shape index (κ3) is 3.53. The molecule has 0 radical (unpaired) electrons. The highest BCUT2D eigenvalue weighted by Gasteiger charge is 2.28. The molecule has 1 unspecified atom stereocenters. The number of halogens is 2. The minimum absolute atomic E-state index is 0.0604. The van der Waals surface area contributed by atoms with E-state index in [1.165, 1.54) is 6.07 Å². The molecule has 0 aliphatic carbocycles. The molecule has 0 bridgehead atoms. The van der Waals surface area contributed by atoms with E-state index in [0.717, 1.165) is 25.0 Å². The number of rotatable bonds is 3. The molecule has 0 amide bonds. The van der Waals surface area contributed by atoms with E-state index in [-0.39, 0.29) is 11.4 Å². The predicted molar refractivity (Wildman–Crippen MR) is 74.0 cm³/mol. The van der Waals surface area contributed by atoms with Gasteiger partial charge in [0.15, 0.2) is 0 Å². The van der Waals surface area contributed by atoms with Crippen LogP contribution >= 0.6 is 15.9 Å². The Balaban J connectivity index is 1.93. The van der Waals surface area contributed by atoms with Gasteiger partial charge in [-0.15, -0.1) is 0 Å². The molecule has 2 rings (SSSR count). The molecule has 1 saturated heterocycles. The summed E-state index contributed by atoms with van der Waals surface area (Å²) in [5.41, 5.74) is 0.897. The van der Waals surface area contributed by atoms with Crippen molar-refractivity contribution in [2.24, 2.45) is 0 Å². The van der Waals surface area contributed by atoms with Crippen LogP contribution in [0.25, 0.3) is 0 Å². The zero-order valence-corrected chi connectivity index (χ0v) is 12.4. The summed E-state index contributed by atoms with van der Waals surface area (Å²) >= 11 is 3.29. The van der Waals surface area contributed by atoms with E-state index in [2.05, 4.69) is 35.1 Å². The third-order valence-corrected chi connectivity index (χ3v) is 4.20. The van der Waals surface area contributed by atoms with Crippen molar-refractivity contribution in [1.82, 2.24) is 5.32 Å². The van der Waals surface area contributed by atoms with E-state index >= 15 is 0 Å². The van der Waals surface area contributed by atoms with Crippen LogP contribution in [0.5, 0.6) is 0 Å². The first-order valence-electron chi connectivity index (χ1n) is 6.28. The zero-order chi connectivity index (χ0) is 13.2. The van der Waals surface area contributed by atoms with Gasteiger partial charge in [0.05, 0.1) is 10.1 Å². The lowest BCUT2D eigenvalue weighted by Crippen LogP contribution is -2.43. The number of benzene rings is 1. The molecule has 1 aromatic rings. The summed E-state index contributed by atoms with van der Waals surface area (Å²) in [6.07, 6.45) is 2.00. The average molecular weight is 316 g/mol. The summed E-state index contributed by atoms with van der Waals surface area (Å²) in [5.74, 6) is -0.207. The highest BCUT2D eigenvalue weighted by molar-refractivity contribution is 9.10. The predicted octanol–water partition coefficient (Wildman–Crippen LogP) is 3.64. The summed E-state index contributed by atoms with van der Waals surface area (Å²) in [4.78, 5) is 0. The van der Waals surface area contributed by atoms with Crippen LogP contribution in [0.1, 0.15) is 32.3 Å². The molecule has 18 heavy (non-hydrogen) atoms. The van der Waals surface area contributed by atoms with E-state index < -0.39 is 0 Å². The standard InChI is InChI=1S/C14H19BrFNO/c1-14(2)8-11(6-7-18-14)17-9-10-4-3-5-12(16)13(10)15/h3-5,11,17H,6-9H2,1-2H3. The van der Waals surface area contributed by atoms with Crippen LogP contribution in [-0.4, -0.2) is 18.2 Å². The fraction of sp³-hybridized carbons (Fsp3) is 0.571. The molecule has 1 heterocycles. The van der Waals surface area contributed by atoms with E-state index in [1.54, 1.807) is 6.07 Å². The fourth-order valence-electron chi connectivity index (χ4n) is 2.35. The van der Waals surface area contributed by atoms with Crippen molar-refractivity contribution >= 4 is 15.9 Å². The van der Waals surface area contributed by atoms with Gasteiger partial charge in [-0.25, -0.2) is 4.39 Å². The molecule has 1 atom stereocenters. The van der Waals surface area contributed by atoms with Crippen LogP contribution in [0.4, 0.5) is 4.39 Å². The quantitative estimate of drug-likeness (QED) is 0.919. The normalized spacial score (nSPS) is 23.0. The summed E-state index contributed by atoms with van der Waals surface area (Å²) in [6.45, 7) is 5.69. The maximum Gasteiger partial charge on any atom is 0.137 e. The Hall–Kier alpha value is -0.450. The molecule has 1 fully saturated rings. The summed E-state index contributed by atoms with van der Waals surface area (Å²) in [7, 11) is 0. The topological polar surface area (TPSA) is 21.3 Å². The smallest absolute Gasteiger partial charge is 0.137 e. The summed E-state index contributed by atoms with van der Waals surface area (Å²) < 4.78 is 19.6. The first-order chi connectivity index (χ1) is 8.48. The first-order valence-corrected chi connectivity index (χ1v) is 7.07. The van der Waals surface area contributed by atoms with Gasteiger partial charge in [0.25, 0.3) is 0 Å². The van der Waals surface area contributed by atoms with Gasteiger partial charge >= 0.3 is 0 Å². The lowest BCUT2D eigenvalue weighted by molar-refractivity contribution is -0.0630. The van der Waals surface area contributed by atoms with Gasteiger partial charge in [0, 0.05) is 19.2 Å². The molecule has 1 aliphatic heterocycles. The van der Waals surface area contributed by atoms with Crippen LogP contribution < -0.4 is 5.32 Å². The maximum absolute atomic E-state index is 13.4. The highest BCUT2D eigenvalue weighted by Crippen LogP contribution is 2.25. The Morgan fingerprint density at radius 3 is 3.00 bits per heavy atom. The second kappa shape index (κ2) is 5.68. The SMILES string of the molecule is CC1(C)CC(NCc2cccc(F)c2Br)CCO1. The lowest BCUT2D eigenvalue weighted by Gasteiger charge is -2.36. The number of nitrogens with one attached hydrogen (secondary N) is 1. The number of ether oxygens (including phenoxy) is 1. The molecule has 0 saturated carbocycles. The average Bonchev–Trinajstić information content (AvgIpc) is 2.30. The summed E-state index contributed by atoms with van der Waals surface area (Å²) in [5, 5.41) is 3.48. The second-order valence-electron chi connectivity index (χ2n) is 5.39. The Morgan fingerprint density at radius 2 is 2.28 bits per heavy atom. The number of hydrogen-bond acceptors (Lipinski definition) is 2. The monoisotopic (exact) mass is 315 g/mol. The van der Waals surface area contributed by atoms with Crippen molar-refractivity contribution in [3.8, 4) is 0 Å². The van der Waals surface area contributed by atoms with Crippen molar-refractivity contribution in [1.29, 1.82) is 0 Å². The Labute approximate surface area is 116 Å². The van der Waals surface area contributed by atoms with Crippen LogP contribution in [-0.2, 0) is 11.3 Å². The Bertz CT molecular complexity index is 422. The van der Waals surface area contributed by atoms with Gasteiger partial charge in [-0.2, -0.15) is 0 Å². The van der Waals surface area contributed by atoms with Crippen molar-refractivity contribution < 1.29 is 9.13 Å². The molecule has 1 aliphatic rings. The van der Waals surface area contributed by atoms with Gasteiger partial charge in [-0.3, -0.25) is 0 Å². The van der Waals surface area contributed by atoms with Crippen LogP contribution in [0.3, 0.4) is 0 Å². The first kappa shape index (κ1) is 14.0. The molecular weight excluding hydrogens is 297 g/mol. The van der Waals surface area contributed by atoms with Gasteiger partial charge < -0.3 is 10.1 Å². The van der Waals surface area contributed by atoms with E-state index in [4.69, 9.17) is 4.74 Å². The second-order valence-corrected chi connectivity index (χ2v) is 6.18. The molecule has 0 aromatic heterocycles. The minimum atomic E-state index is -0.207. The molecule has 100 valence electrons. The molecule has 1 N–H and O–H groups in total. The van der Waals surface area contributed by atoms with Gasteiger partial charge in [0.1, 0.15) is 5.82 Å². The molecular formula is C14H19BrFNO. The van der Waals surface area contributed by atoms with Crippen LogP contribution in [0.15, 0.2) is 22.7 Å². The number of hydrogen-bond donors (Lipinski definition) is 1. The third-order valence-electron chi connectivity index (χ3n) is 3.31. The van der Waals surface area contributed by atoms with E-state index in [0.29, 0.717) is 17.1 Å². The fourth-order valence-corrected chi connectivity index (χ4v) is 2.75. The van der Waals surface area contributed by atoms with Gasteiger partial charge in [0.2, 0.25) is 0 Å². The molecule has 1 aromatic carbocycles. The summed E-state index contributed by atoms with van der Waals surface area (Å²) in [6, 6.07) is 5.57. The van der Waals surface area contributed by atoms with E-state index in [1.807, 2.05) is 6.07 Å². The van der Waals surface area contributed by atoms with Crippen molar-refractivity contribution in [2.75, 3.05) is 6.61 Å². The largest absolute Gasteiger partial charge is 0.375 e. The van der Waals surface area contributed by atoms with Crippen molar-refractivity contribution in [2.45, 2.75) is 44.9 Å². The minimum Gasteiger partial charge on any atom is -0.375 e. The van der Waals surface area contributed by atoms with Crippen molar-refractivity contribution in [3.05, 3.63) is 34.1 Å². The lowest BCUT2D eigenvalue weighted by atomic mass is 9.94. The molecule has 4 heteroatoms. The van der Waals surface area contributed by atoms with E-state index in [9.17, 15) is 4.39 Å². The maximum atomic E-state index is 13.4. The van der Waals surface area contributed by atoms with Gasteiger partial charge in [-0.1, -0.05) is 12.1 Å². The zero-order valence-electron chi connectivity index (χ0n) is 10.8. The van der Waals surface area contributed by atoms with Gasteiger partial charge in [-0.05, 0) is 54.2 Å². The highest BCUT2D eigenvalue weighted by atomic mass is 79.9. The van der Waals surface area contributed by atoms with Crippen LogP contribution in [0, 0.1) is 5.82 Å². The Morgan fingerprint density at radius 1 is 1.50 bits per heavy atom.